The molecule has 0 aliphatic rings. The molecule has 1 N–H and O–H groups in total. The Balaban J connectivity index is 2.70. The summed E-state index contributed by atoms with van der Waals surface area (Å²) < 4.78 is 27.0. The van der Waals surface area contributed by atoms with Crippen LogP contribution in [0.3, 0.4) is 0 Å². The van der Waals surface area contributed by atoms with Crippen LogP contribution in [-0.2, 0) is 9.24 Å². The lowest BCUT2D eigenvalue weighted by Gasteiger charge is -2.04. The maximum absolute atomic E-state index is 11.0. The van der Waals surface area contributed by atoms with E-state index in [1.807, 2.05) is 0 Å². The summed E-state index contributed by atoms with van der Waals surface area (Å²) in [6.07, 6.45) is -1.23. The zero-order valence-electron chi connectivity index (χ0n) is 8.64. The number of rotatable bonds is 3. The molecule has 0 bridgehead atoms. The topological polar surface area (TPSA) is 89.5 Å². The van der Waals surface area contributed by atoms with Crippen molar-refractivity contribution in [2.75, 3.05) is 0 Å². The molecule has 0 radical (unpaired) electrons. The molecule has 6 nitrogen and oxygen atoms in total. The van der Waals surface area contributed by atoms with E-state index in [-0.39, 0.29) is 11.5 Å². The van der Waals surface area contributed by atoms with Gasteiger partial charge in [-0.2, -0.15) is 8.42 Å². The molecule has 0 heterocycles. The monoisotopic (exact) mass is 277 g/mol. The minimum Gasteiger partial charge on any atom is -0.410 e. The first-order chi connectivity index (χ1) is 7.78. The smallest absolute Gasteiger partial charge is 0.410 e. The molecule has 0 saturated heterocycles. The van der Waals surface area contributed by atoms with Gasteiger partial charge < -0.3 is 4.74 Å². The molecular formula is C9H8ClNO5S. The summed E-state index contributed by atoms with van der Waals surface area (Å²) in [6, 6.07) is 5.61. The predicted octanol–water partition coefficient (Wildman–Crippen LogP) is 1.46. The summed E-state index contributed by atoms with van der Waals surface area (Å²) in [5.41, 5.74) is 0.447. The van der Waals surface area contributed by atoms with Crippen LogP contribution in [0, 0.1) is 0 Å². The molecule has 1 amide bonds. The van der Waals surface area contributed by atoms with Gasteiger partial charge in [0.2, 0.25) is 0 Å². The zero-order valence-corrected chi connectivity index (χ0v) is 10.2. The van der Waals surface area contributed by atoms with Crippen molar-refractivity contribution in [2.45, 2.75) is 6.92 Å². The molecule has 0 aliphatic carbocycles. The highest BCUT2D eigenvalue weighted by Gasteiger charge is 2.12. The zero-order chi connectivity index (χ0) is 13.1. The maximum atomic E-state index is 11.0. The van der Waals surface area contributed by atoms with Gasteiger partial charge in [0.15, 0.2) is 5.78 Å². The summed E-state index contributed by atoms with van der Waals surface area (Å²) in [6.45, 7) is 1.39. The molecule has 0 aliphatic heterocycles. The Morgan fingerprint density at radius 1 is 1.24 bits per heavy atom. The average Bonchev–Trinajstić information content (AvgIpc) is 2.15. The molecule has 0 atom stereocenters. The van der Waals surface area contributed by atoms with Crippen LogP contribution >= 0.6 is 10.7 Å². The van der Waals surface area contributed by atoms with Crippen molar-refractivity contribution in [2.24, 2.45) is 0 Å². The van der Waals surface area contributed by atoms with Crippen LogP contribution < -0.4 is 9.46 Å². The number of Topliss-reactive ketones (excluding diaryl/α,β-unsaturated/α-hetero) is 1. The average molecular weight is 278 g/mol. The van der Waals surface area contributed by atoms with Gasteiger partial charge >= 0.3 is 15.3 Å². The molecule has 1 aromatic carbocycles. The van der Waals surface area contributed by atoms with E-state index in [4.69, 9.17) is 10.7 Å². The fourth-order valence-corrected chi connectivity index (χ4v) is 1.41. The van der Waals surface area contributed by atoms with Gasteiger partial charge in [-0.3, -0.25) is 4.79 Å². The third kappa shape index (κ3) is 4.83. The second-order valence-corrected chi connectivity index (χ2v) is 5.31. The van der Waals surface area contributed by atoms with Crippen LogP contribution in [0.5, 0.6) is 5.75 Å². The first kappa shape index (κ1) is 13.5. The summed E-state index contributed by atoms with van der Waals surface area (Å²) in [4.78, 5) is 21.9. The second kappa shape index (κ2) is 5.15. The lowest BCUT2D eigenvalue weighted by Crippen LogP contribution is -2.29. The third-order valence-corrected chi connectivity index (χ3v) is 2.32. The lowest BCUT2D eigenvalue weighted by molar-refractivity contribution is 0.101. The van der Waals surface area contributed by atoms with Crippen LogP contribution in [0.2, 0.25) is 0 Å². The number of hydrogen-bond donors (Lipinski definition) is 1. The molecule has 0 aromatic heterocycles. The third-order valence-electron chi connectivity index (χ3n) is 1.68. The van der Waals surface area contributed by atoms with Crippen molar-refractivity contribution in [3.05, 3.63) is 29.8 Å². The van der Waals surface area contributed by atoms with Gasteiger partial charge in [0, 0.05) is 16.2 Å². The summed E-state index contributed by atoms with van der Waals surface area (Å²) >= 11 is 0. The van der Waals surface area contributed by atoms with Crippen molar-refractivity contribution < 1.29 is 22.7 Å². The van der Waals surface area contributed by atoms with E-state index < -0.39 is 15.3 Å². The van der Waals surface area contributed by atoms with Crippen LogP contribution in [-0.4, -0.2) is 20.3 Å². The Hall–Kier alpha value is -1.60. The first-order valence-electron chi connectivity index (χ1n) is 4.33. The van der Waals surface area contributed by atoms with E-state index in [0.29, 0.717) is 5.56 Å². The van der Waals surface area contributed by atoms with Crippen molar-refractivity contribution in [3.63, 3.8) is 0 Å². The standard InChI is InChI=1S/C9H8ClNO5S/c1-6(12)7-2-4-8(5-3-7)16-9(13)11-17(10,14)15/h2-5H,1H3,(H,11,13). The molecule has 0 fully saturated rings. The summed E-state index contributed by atoms with van der Waals surface area (Å²) in [5, 5.41) is 0. The normalized spacial score (nSPS) is 10.7. The van der Waals surface area contributed by atoms with Crippen molar-refractivity contribution in [3.8, 4) is 5.75 Å². The number of halogens is 1. The number of hydrogen-bond acceptors (Lipinski definition) is 5. The fraction of sp³-hybridized carbons (Fsp3) is 0.111. The molecule has 1 aromatic rings. The highest BCUT2D eigenvalue weighted by Crippen LogP contribution is 2.12. The van der Waals surface area contributed by atoms with Gasteiger partial charge in [-0.1, -0.05) is 0 Å². The SMILES string of the molecule is CC(=O)c1ccc(OC(=O)NS(=O)(=O)Cl)cc1. The van der Waals surface area contributed by atoms with Gasteiger partial charge in [0.25, 0.3) is 0 Å². The number of carbonyl (C=O) groups excluding carboxylic acids is 2. The summed E-state index contributed by atoms with van der Waals surface area (Å²) in [5.74, 6) is -0.0443. The molecule has 0 spiro atoms. The highest BCUT2D eigenvalue weighted by molar-refractivity contribution is 8.12. The molecule has 17 heavy (non-hydrogen) atoms. The lowest BCUT2D eigenvalue weighted by atomic mass is 10.1. The van der Waals surface area contributed by atoms with E-state index in [1.165, 1.54) is 35.9 Å². The molecule has 0 unspecified atom stereocenters. The molecule has 8 heteroatoms. The maximum Gasteiger partial charge on any atom is 0.427 e. The van der Waals surface area contributed by atoms with Crippen LogP contribution in [0.4, 0.5) is 4.79 Å². The predicted molar refractivity (Wildman–Crippen MR) is 60.4 cm³/mol. The van der Waals surface area contributed by atoms with E-state index in [2.05, 4.69) is 4.74 Å². The number of ketones is 1. The quantitative estimate of drug-likeness (QED) is 0.667. The Morgan fingerprint density at radius 2 is 1.76 bits per heavy atom. The van der Waals surface area contributed by atoms with E-state index in [0.717, 1.165) is 0 Å². The Morgan fingerprint density at radius 3 is 2.18 bits per heavy atom. The molecular weight excluding hydrogens is 270 g/mol. The van der Waals surface area contributed by atoms with Crippen LogP contribution in [0.1, 0.15) is 17.3 Å². The Labute approximate surface area is 102 Å². The number of benzene rings is 1. The minimum atomic E-state index is -4.17. The molecule has 1 rings (SSSR count). The second-order valence-electron chi connectivity index (χ2n) is 3.01. The van der Waals surface area contributed by atoms with E-state index >= 15 is 0 Å². The van der Waals surface area contributed by atoms with Crippen LogP contribution in [0.25, 0.3) is 0 Å². The molecule has 92 valence electrons. The van der Waals surface area contributed by atoms with Crippen molar-refractivity contribution in [1.29, 1.82) is 0 Å². The van der Waals surface area contributed by atoms with Gasteiger partial charge in [-0.25, -0.2) is 9.52 Å². The van der Waals surface area contributed by atoms with Gasteiger partial charge in [-0.15, -0.1) is 0 Å². The fourth-order valence-electron chi connectivity index (χ4n) is 0.985. The number of amides is 1. The van der Waals surface area contributed by atoms with E-state index in [9.17, 15) is 18.0 Å². The minimum absolute atomic E-state index is 0.0906. The Bertz CT molecular complexity index is 537. The Kier molecular flexibility index (Phi) is 4.08. The van der Waals surface area contributed by atoms with Gasteiger partial charge in [-0.05, 0) is 31.2 Å². The van der Waals surface area contributed by atoms with Gasteiger partial charge in [0.1, 0.15) is 5.75 Å². The largest absolute Gasteiger partial charge is 0.427 e. The van der Waals surface area contributed by atoms with E-state index in [1.54, 1.807) is 0 Å². The molecule has 0 saturated carbocycles. The number of carbonyl (C=O) groups is 2. The van der Waals surface area contributed by atoms with Gasteiger partial charge in [0.05, 0.1) is 0 Å². The van der Waals surface area contributed by atoms with Crippen molar-refractivity contribution in [1.82, 2.24) is 4.72 Å². The van der Waals surface area contributed by atoms with Crippen molar-refractivity contribution >= 4 is 31.8 Å². The summed E-state index contributed by atoms with van der Waals surface area (Å²) in [7, 11) is 0.605. The number of nitrogens with one attached hydrogen (secondary N) is 1. The van der Waals surface area contributed by atoms with Crippen LogP contribution in [0.15, 0.2) is 24.3 Å². The highest BCUT2D eigenvalue weighted by atomic mass is 35.7. The first-order valence-corrected chi connectivity index (χ1v) is 6.64. The number of ether oxygens (including phenoxy) is 1.